The van der Waals surface area contributed by atoms with Crippen molar-refractivity contribution in [3.05, 3.63) is 42.5 Å². The highest BCUT2D eigenvalue weighted by molar-refractivity contribution is 6.01. The van der Waals surface area contributed by atoms with Crippen LogP contribution in [-0.2, 0) is 11.8 Å². The molecule has 0 aliphatic carbocycles. The number of carbonyl (C=O) groups excluding carboxylic acids is 1. The molecule has 11 heteroatoms. The Hall–Kier alpha value is -4.02. The van der Waals surface area contributed by atoms with Gasteiger partial charge in [-0.15, -0.1) is 0 Å². The largest absolute Gasteiger partial charge is 0.496 e. The summed E-state index contributed by atoms with van der Waals surface area (Å²) in [6.45, 7) is 7.21. The molecule has 0 unspecified atom stereocenters. The first-order valence-electron chi connectivity index (χ1n) is 11.9. The Morgan fingerprint density at radius 2 is 1.76 bits per heavy atom. The van der Waals surface area contributed by atoms with E-state index >= 15 is 8.78 Å². The maximum absolute atomic E-state index is 16.0. The van der Waals surface area contributed by atoms with Crippen molar-refractivity contribution in [2.24, 2.45) is 7.05 Å². The molecule has 1 aliphatic rings. The Morgan fingerprint density at radius 3 is 2.43 bits per heavy atom. The van der Waals surface area contributed by atoms with E-state index < -0.39 is 17.2 Å². The summed E-state index contributed by atoms with van der Waals surface area (Å²) >= 11 is 0. The van der Waals surface area contributed by atoms with Gasteiger partial charge in [0.05, 0.1) is 29.9 Å². The molecule has 0 N–H and O–H groups in total. The molecule has 9 nitrogen and oxygen atoms in total. The van der Waals surface area contributed by atoms with E-state index in [1.165, 1.54) is 25.6 Å². The van der Waals surface area contributed by atoms with Gasteiger partial charge in [-0.2, -0.15) is 0 Å². The third kappa shape index (κ3) is 4.38. The number of methoxy groups -OCH3 is 1. The molecular formula is C26H28F2N6O3. The average molecular weight is 511 g/mol. The van der Waals surface area contributed by atoms with Crippen LogP contribution in [0.5, 0.6) is 5.75 Å². The molecule has 4 aromatic rings. The standard InChI is InChI=1S/C26H28F2N6O3/c1-26(2,3)37-25(35)34-10-8-33(9-11-34)24-20-18(36-5)12-15(21(28)23(20)29-13-30-24)19-16(27)6-7-17-22(19)31-14-32(17)4/h6-7,12-14H,8-11H2,1-5H3. The minimum Gasteiger partial charge on any atom is -0.496 e. The molecule has 0 bridgehead atoms. The fourth-order valence-corrected chi connectivity index (χ4v) is 4.61. The normalized spacial score (nSPS) is 14.5. The second-order valence-electron chi connectivity index (χ2n) is 9.96. The zero-order valence-corrected chi connectivity index (χ0v) is 21.4. The predicted molar refractivity (Wildman–Crippen MR) is 136 cm³/mol. The summed E-state index contributed by atoms with van der Waals surface area (Å²) in [6.07, 6.45) is 2.46. The van der Waals surface area contributed by atoms with Gasteiger partial charge in [-0.1, -0.05) is 0 Å². The van der Waals surface area contributed by atoms with Crippen LogP contribution >= 0.6 is 0 Å². The summed E-state index contributed by atoms with van der Waals surface area (Å²) in [5.41, 5.74) is 0.490. The number of rotatable bonds is 3. The Balaban J connectivity index is 1.55. The van der Waals surface area contributed by atoms with E-state index in [0.29, 0.717) is 54.2 Å². The SMILES string of the molecule is COc1cc(-c2c(F)ccc3c2ncn3C)c(F)c2ncnc(N3CCN(C(=O)OC(C)(C)C)CC3)c12. The van der Waals surface area contributed by atoms with Crippen molar-refractivity contribution in [2.45, 2.75) is 26.4 Å². The van der Waals surface area contributed by atoms with Gasteiger partial charge in [-0.25, -0.2) is 28.5 Å². The van der Waals surface area contributed by atoms with E-state index in [2.05, 4.69) is 15.0 Å². The van der Waals surface area contributed by atoms with Gasteiger partial charge in [0.15, 0.2) is 5.82 Å². The van der Waals surface area contributed by atoms with E-state index in [4.69, 9.17) is 9.47 Å². The molecule has 0 atom stereocenters. The summed E-state index contributed by atoms with van der Waals surface area (Å²) in [5, 5.41) is 0.380. The van der Waals surface area contributed by atoms with Gasteiger partial charge in [-0.3, -0.25) is 0 Å². The van der Waals surface area contributed by atoms with Crippen LogP contribution in [0.15, 0.2) is 30.9 Å². The number of fused-ring (bicyclic) bond motifs is 2. The molecule has 194 valence electrons. The van der Waals surface area contributed by atoms with Crippen molar-refractivity contribution >= 4 is 33.8 Å². The highest BCUT2D eigenvalue weighted by Crippen LogP contribution is 2.41. The average Bonchev–Trinajstić information content (AvgIpc) is 3.24. The number of aryl methyl sites for hydroxylation is 1. The third-order valence-corrected chi connectivity index (χ3v) is 6.36. The molecule has 1 fully saturated rings. The second kappa shape index (κ2) is 9.13. The fraction of sp³-hybridized carbons (Fsp3) is 0.385. The van der Waals surface area contributed by atoms with Crippen LogP contribution < -0.4 is 9.64 Å². The molecule has 0 saturated carbocycles. The second-order valence-corrected chi connectivity index (χ2v) is 9.96. The molecule has 2 aromatic heterocycles. The lowest BCUT2D eigenvalue weighted by Crippen LogP contribution is -2.50. The number of piperazine rings is 1. The summed E-state index contributed by atoms with van der Waals surface area (Å²) in [6, 6.07) is 4.37. The van der Waals surface area contributed by atoms with Crippen LogP contribution in [0.3, 0.4) is 0 Å². The monoisotopic (exact) mass is 510 g/mol. The van der Waals surface area contributed by atoms with Gasteiger partial charge >= 0.3 is 6.09 Å². The number of amides is 1. The van der Waals surface area contributed by atoms with Crippen molar-refractivity contribution < 1.29 is 23.0 Å². The molecular weight excluding hydrogens is 482 g/mol. The maximum Gasteiger partial charge on any atom is 0.410 e. The minimum absolute atomic E-state index is 0.00513. The van der Waals surface area contributed by atoms with Gasteiger partial charge in [0, 0.05) is 44.4 Å². The van der Waals surface area contributed by atoms with E-state index in [0.717, 1.165) is 0 Å². The number of hydrogen-bond acceptors (Lipinski definition) is 7. The van der Waals surface area contributed by atoms with Crippen molar-refractivity contribution in [3.8, 4) is 16.9 Å². The van der Waals surface area contributed by atoms with Crippen LogP contribution in [0.25, 0.3) is 33.1 Å². The van der Waals surface area contributed by atoms with E-state index in [-0.39, 0.29) is 22.7 Å². The zero-order valence-electron chi connectivity index (χ0n) is 21.4. The number of anilines is 1. The van der Waals surface area contributed by atoms with Gasteiger partial charge in [0.25, 0.3) is 0 Å². The summed E-state index contributed by atoms with van der Waals surface area (Å²) in [4.78, 5) is 29.0. The topological polar surface area (TPSA) is 85.6 Å². The molecule has 37 heavy (non-hydrogen) atoms. The maximum atomic E-state index is 16.0. The quantitative estimate of drug-likeness (QED) is 0.400. The Kier molecular flexibility index (Phi) is 6.09. The number of carbonyl (C=O) groups is 1. The lowest BCUT2D eigenvalue weighted by atomic mass is 9.99. The smallest absolute Gasteiger partial charge is 0.410 e. The first-order chi connectivity index (χ1) is 17.6. The first-order valence-corrected chi connectivity index (χ1v) is 11.9. The lowest BCUT2D eigenvalue weighted by molar-refractivity contribution is 0.0240. The molecule has 0 radical (unpaired) electrons. The van der Waals surface area contributed by atoms with Crippen molar-refractivity contribution in [2.75, 3.05) is 38.2 Å². The Morgan fingerprint density at radius 1 is 1.03 bits per heavy atom. The Bertz CT molecular complexity index is 1510. The van der Waals surface area contributed by atoms with E-state index in [1.807, 2.05) is 25.7 Å². The highest BCUT2D eigenvalue weighted by Gasteiger charge is 2.29. The Labute approximate surface area is 212 Å². The number of hydrogen-bond donors (Lipinski definition) is 0. The summed E-state index contributed by atoms with van der Waals surface area (Å²) in [7, 11) is 3.25. The molecule has 1 amide bonds. The molecule has 3 heterocycles. The van der Waals surface area contributed by atoms with Gasteiger partial charge in [0.1, 0.15) is 34.8 Å². The fourth-order valence-electron chi connectivity index (χ4n) is 4.61. The lowest BCUT2D eigenvalue weighted by Gasteiger charge is -2.36. The van der Waals surface area contributed by atoms with Crippen molar-refractivity contribution in [1.29, 1.82) is 0 Å². The van der Waals surface area contributed by atoms with Crippen LogP contribution in [0.1, 0.15) is 20.8 Å². The number of halogens is 2. The third-order valence-electron chi connectivity index (χ3n) is 6.36. The van der Waals surface area contributed by atoms with E-state index in [9.17, 15) is 4.79 Å². The predicted octanol–water partition coefficient (Wildman–Crippen LogP) is 4.53. The molecule has 0 spiro atoms. The molecule has 5 rings (SSSR count). The minimum atomic E-state index is -0.691. The summed E-state index contributed by atoms with van der Waals surface area (Å²) in [5.74, 6) is -0.500. The van der Waals surface area contributed by atoms with Crippen molar-refractivity contribution in [3.63, 3.8) is 0 Å². The van der Waals surface area contributed by atoms with Crippen LogP contribution in [0.2, 0.25) is 0 Å². The van der Waals surface area contributed by atoms with Crippen molar-refractivity contribution in [1.82, 2.24) is 24.4 Å². The summed E-state index contributed by atoms with van der Waals surface area (Å²) < 4.78 is 43.9. The number of benzene rings is 2. The van der Waals surface area contributed by atoms with Crippen LogP contribution in [0.4, 0.5) is 19.4 Å². The number of nitrogens with zero attached hydrogens (tertiary/aromatic N) is 6. The van der Waals surface area contributed by atoms with Gasteiger partial charge in [0.2, 0.25) is 0 Å². The number of imidazole rings is 1. The molecule has 1 saturated heterocycles. The number of ether oxygens (including phenoxy) is 2. The highest BCUT2D eigenvalue weighted by atomic mass is 19.1. The first kappa shape index (κ1) is 24.7. The number of aromatic nitrogens is 4. The molecule has 2 aromatic carbocycles. The molecule has 1 aliphatic heterocycles. The van der Waals surface area contributed by atoms with Gasteiger partial charge < -0.3 is 23.8 Å². The van der Waals surface area contributed by atoms with Gasteiger partial charge in [-0.05, 0) is 39.0 Å². The van der Waals surface area contributed by atoms with E-state index in [1.54, 1.807) is 28.9 Å². The zero-order chi connectivity index (χ0) is 26.5. The van der Waals surface area contributed by atoms with Crippen LogP contribution in [0, 0.1) is 11.6 Å². The van der Waals surface area contributed by atoms with Crippen LogP contribution in [-0.4, -0.2) is 69.4 Å².